The molecule has 1 aromatic carbocycles. The Kier molecular flexibility index (Phi) is 6.67. The number of benzene rings is 1. The van der Waals surface area contributed by atoms with Gasteiger partial charge < -0.3 is 10.8 Å². The van der Waals surface area contributed by atoms with Gasteiger partial charge in [0, 0.05) is 24.2 Å². The van der Waals surface area contributed by atoms with Gasteiger partial charge in [-0.25, -0.2) is 9.50 Å². The van der Waals surface area contributed by atoms with Gasteiger partial charge in [0.15, 0.2) is 5.82 Å². The lowest BCUT2D eigenvalue weighted by Gasteiger charge is -2.22. The number of aliphatic hydroxyl groups excluding tert-OH is 1. The van der Waals surface area contributed by atoms with Crippen LogP contribution >= 0.6 is 0 Å². The molecule has 1 unspecified atom stereocenters. The van der Waals surface area contributed by atoms with Gasteiger partial charge >= 0.3 is 0 Å². The van der Waals surface area contributed by atoms with Crippen LogP contribution in [0.2, 0.25) is 0 Å². The minimum absolute atomic E-state index is 0.344. The summed E-state index contributed by atoms with van der Waals surface area (Å²) >= 11 is 0. The van der Waals surface area contributed by atoms with E-state index in [1.807, 2.05) is 18.4 Å². The number of nitrogens with zero attached hydrogens (tertiary/aromatic N) is 4. The number of aliphatic hydroxyl groups is 1. The second-order valence-corrected chi connectivity index (χ2v) is 7.39. The first-order valence-corrected chi connectivity index (χ1v) is 10.3. The topological polar surface area (TPSA) is 79.7 Å². The number of likely N-dealkylation sites (N-methyl/N-ethyl adjacent to an activating group) is 1. The number of anilines is 1. The summed E-state index contributed by atoms with van der Waals surface area (Å²) in [6.45, 7) is 10.5. The minimum atomic E-state index is -0.344. The monoisotopic (exact) mass is 393 g/mol. The summed E-state index contributed by atoms with van der Waals surface area (Å²) in [6, 6.07) is 10.6. The second kappa shape index (κ2) is 9.20. The summed E-state index contributed by atoms with van der Waals surface area (Å²) < 4.78 is 1.89. The molecule has 3 rings (SSSR count). The van der Waals surface area contributed by atoms with Gasteiger partial charge in [-0.1, -0.05) is 38.1 Å². The maximum absolute atomic E-state index is 9.73. The van der Waals surface area contributed by atoms with Crippen LogP contribution in [0.25, 0.3) is 22.3 Å². The molecular formula is C23H31N5O. The summed E-state index contributed by atoms with van der Waals surface area (Å²) in [5, 5.41) is 14.2. The molecule has 0 aliphatic heterocycles. The molecule has 6 nitrogen and oxygen atoms in total. The predicted molar refractivity (Wildman–Crippen MR) is 119 cm³/mol. The van der Waals surface area contributed by atoms with Crippen molar-refractivity contribution in [1.82, 2.24) is 19.5 Å². The van der Waals surface area contributed by atoms with Crippen molar-refractivity contribution in [3.8, 4) is 11.3 Å². The average molecular weight is 394 g/mol. The zero-order valence-corrected chi connectivity index (χ0v) is 17.8. The Balaban J connectivity index is 2.07. The average Bonchev–Trinajstić information content (AvgIpc) is 3.09. The second-order valence-electron chi connectivity index (χ2n) is 7.39. The van der Waals surface area contributed by atoms with Gasteiger partial charge in [0.25, 0.3) is 0 Å². The molecule has 3 N–H and O–H groups in total. The summed E-state index contributed by atoms with van der Waals surface area (Å²) in [4.78, 5) is 6.45. The Morgan fingerprint density at radius 1 is 1.31 bits per heavy atom. The summed E-state index contributed by atoms with van der Waals surface area (Å²) in [5.41, 5.74) is 12.7. The first-order chi connectivity index (χ1) is 14.0. The highest BCUT2D eigenvalue weighted by atomic mass is 16.3. The largest absolute Gasteiger partial charge is 0.392 e. The lowest BCUT2D eigenvalue weighted by atomic mass is 10.0. The Morgan fingerprint density at radius 3 is 2.76 bits per heavy atom. The van der Waals surface area contributed by atoms with Crippen molar-refractivity contribution in [2.45, 2.75) is 46.8 Å². The van der Waals surface area contributed by atoms with Crippen molar-refractivity contribution in [2.75, 3.05) is 18.8 Å². The molecule has 0 aliphatic rings. The van der Waals surface area contributed by atoms with Gasteiger partial charge in [-0.2, -0.15) is 5.10 Å². The van der Waals surface area contributed by atoms with E-state index in [1.54, 1.807) is 0 Å². The zero-order chi connectivity index (χ0) is 21.0. The van der Waals surface area contributed by atoms with Crippen LogP contribution < -0.4 is 5.73 Å². The van der Waals surface area contributed by atoms with E-state index < -0.39 is 0 Å². The van der Waals surface area contributed by atoms with E-state index in [2.05, 4.69) is 65.2 Å². The van der Waals surface area contributed by atoms with Gasteiger partial charge in [-0.15, -0.1) is 0 Å². The molecule has 0 saturated heterocycles. The van der Waals surface area contributed by atoms with Crippen molar-refractivity contribution in [1.29, 1.82) is 0 Å². The van der Waals surface area contributed by atoms with Crippen LogP contribution in [-0.2, 0) is 6.54 Å². The molecule has 0 bridgehead atoms. The Hall–Kier alpha value is -2.70. The third-order valence-electron chi connectivity index (χ3n) is 5.26. The fourth-order valence-corrected chi connectivity index (χ4v) is 3.83. The Labute approximate surface area is 172 Å². The first kappa shape index (κ1) is 21.0. The van der Waals surface area contributed by atoms with E-state index >= 15 is 0 Å². The van der Waals surface area contributed by atoms with E-state index in [-0.39, 0.29) is 6.10 Å². The fraction of sp³-hybridized carbons (Fsp3) is 0.391. The third kappa shape index (κ3) is 4.49. The van der Waals surface area contributed by atoms with Crippen molar-refractivity contribution in [2.24, 2.45) is 0 Å². The molecular weight excluding hydrogens is 362 g/mol. The standard InChI is InChI=1S/C23H31N5O/c1-5-18(6-2)20-12-21(28-22(20)23(24)25-15-26-28)19-10-8-9-17(11-19)14-27(7-3)13-16(4)29/h5,8-12,15-16,29H,6-7,13-14H2,1-4H3,(H2,24,25,26)/b18-5+. The molecule has 0 amide bonds. The highest BCUT2D eigenvalue weighted by Crippen LogP contribution is 2.33. The summed E-state index contributed by atoms with van der Waals surface area (Å²) in [6.07, 6.45) is 4.19. The van der Waals surface area contributed by atoms with Gasteiger partial charge in [0.05, 0.1) is 11.8 Å². The van der Waals surface area contributed by atoms with Crippen molar-refractivity contribution < 1.29 is 5.11 Å². The molecule has 29 heavy (non-hydrogen) atoms. The number of aromatic nitrogens is 3. The van der Waals surface area contributed by atoms with Crippen molar-refractivity contribution in [3.05, 3.63) is 53.9 Å². The maximum atomic E-state index is 9.73. The maximum Gasteiger partial charge on any atom is 0.151 e. The smallest absolute Gasteiger partial charge is 0.151 e. The highest BCUT2D eigenvalue weighted by molar-refractivity contribution is 5.88. The predicted octanol–water partition coefficient (Wildman–Crippen LogP) is 3.99. The first-order valence-electron chi connectivity index (χ1n) is 10.3. The quantitative estimate of drug-likeness (QED) is 0.605. The number of nitrogen functional groups attached to an aromatic ring is 1. The van der Waals surface area contributed by atoms with Crippen LogP contribution in [0.1, 0.15) is 45.2 Å². The van der Waals surface area contributed by atoms with Gasteiger partial charge in [0.1, 0.15) is 11.8 Å². The molecule has 2 aromatic heterocycles. The van der Waals surface area contributed by atoms with Crippen LogP contribution in [0.3, 0.4) is 0 Å². The molecule has 6 heteroatoms. The number of fused-ring (bicyclic) bond motifs is 1. The fourth-order valence-electron chi connectivity index (χ4n) is 3.83. The zero-order valence-electron chi connectivity index (χ0n) is 17.8. The normalized spacial score (nSPS) is 13.4. The molecule has 0 spiro atoms. The summed E-state index contributed by atoms with van der Waals surface area (Å²) in [7, 11) is 0. The minimum Gasteiger partial charge on any atom is -0.392 e. The van der Waals surface area contributed by atoms with E-state index in [4.69, 9.17) is 5.73 Å². The molecule has 0 saturated carbocycles. The molecule has 2 heterocycles. The molecule has 3 aromatic rings. The molecule has 154 valence electrons. The van der Waals surface area contributed by atoms with Crippen LogP contribution in [0.4, 0.5) is 5.82 Å². The Morgan fingerprint density at radius 2 is 2.10 bits per heavy atom. The number of hydrogen-bond acceptors (Lipinski definition) is 5. The van der Waals surface area contributed by atoms with Crippen molar-refractivity contribution >= 4 is 16.9 Å². The van der Waals surface area contributed by atoms with E-state index in [1.165, 1.54) is 17.5 Å². The summed E-state index contributed by atoms with van der Waals surface area (Å²) in [5.74, 6) is 0.485. The molecule has 0 fully saturated rings. The lowest BCUT2D eigenvalue weighted by molar-refractivity contribution is 0.126. The van der Waals surface area contributed by atoms with E-state index in [0.29, 0.717) is 12.4 Å². The van der Waals surface area contributed by atoms with Gasteiger partial charge in [0.2, 0.25) is 0 Å². The van der Waals surface area contributed by atoms with Crippen LogP contribution in [0.5, 0.6) is 0 Å². The number of rotatable bonds is 8. The molecule has 1 atom stereocenters. The number of hydrogen-bond donors (Lipinski definition) is 2. The van der Waals surface area contributed by atoms with Crippen molar-refractivity contribution in [3.63, 3.8) is 0 Å². The third-order valence-corrected chi connectivity index (χ3v) is 5.26. The lowest BCUT2D eigenvalue weighted by Crippen LogP contribution is -2.30. The van der Waals surface area contributed by atoms with E-state index in [0.717, 1.165) is 41.8 Å². The number of allylic oxidation sites excluding steroid dienone is 2. The van der Waals surface area contributed by atoms with Gasteiger partial charge in [-0.3, -0.25) is 4.90 Å². The Bertz CT molecular complexity index is 1010. The van der Waals surface area contributed by atoms with E-state index in [9.17, 15) is 5.11 Å². The number of nitrogens with two attached hydrogens (primary N) is 1. The highest BCUT2D eigenvalue weighted by Gasteiger charge is 2.17. The molecule has 0 radical (unpaired) electrons. The van der Waals surface area contributed by atoms with Crippen LogP contribution in [0.15, 0.2) is 42.7 Å². The SMILES string of the molecule is C/C=C(\CC)c1cc(-c2cccc(CN(CC)CC(C)O)c2)n2ncnc(N)c12. The molecule has 0 aliphatic carbocycles. The van der Waals surface area contributed by atoms with Gasteiger partial charge in [-0.05, 0) is 50.1 Å². The van der Waals surface area contributed by atoms with Crippen LogP contribution in [0, 0.1) is 0 Å². The van der Waals surface area contributed by atoms with Crippen LogP contribution in [-0.4, -0.2) is 43.8 Å².